The Balaban J connectivity index is 2.54. The van der Waals surface area contributed by atoms with Crippen molar-refractivity contribution in [2.24, 2.45) is 11.1 Å². The van der Waals surface area contributed by atoms with Gasteiger partial charge in [0.05, 0.1) is 0 Å². The maximum Gasteiger partial charge on any atom is 0.0125 e. The Bertz CT molecular complexity index is 183. The molecule has 0 saturated carbocycles. The summed E-state index contributed by atoms with van der Waals surface area (Å²) < 4.78 is 0. The van der Waals surface area contributed by atoms with Crippen LogP contribution in [0.1, 0.15) is 47.5 Å². The zero-order valence-electron chi connectivity index (χ0n) is 10.4. The summed E-state index contributed by atoms with van der Waals surface area (Å²) in [5.41, 5.74) is 6.72. The Labute approximate surface area is 88.8 Å². The van der Waals surface area contributed by atoms with E-state index < -0.39 is 0 Å². The fourth-order valence-corrected chi connectivity index (χ4v) is 2.14. The van der Waals surface area contributed by atoms with E-state index in [4.69, 9.17) is 5.73 Å². The lowest BCUT2D eigenvalue weighted by Crippen LogP contribution is -2.52. The van der Waals surface area contributed by atoms with Gasteiger partial charge in [0.15, 0.2) is 0 Å². The van der Waals surface area contributed by atoms with Gasteiger partial charge in [-0.05, 0) is 59.0 Å². The molecular formula is C12H26N2. The predicted octanol–water partition coefficient (Wildman–Crippen LogP) is 2.23. The molecule has 0 aromatic carbocycles. The summed E-state index contributed by atoms with van der Waals surface area (Å²) >= 11 is 0. The molecule has 84 valence electrons. The molecule has 0 aliphatic carbocycles. The first-order valence-electron chi connectivity index (χ1n) is 5.76. The molecule has 14 heavy (non-hydrogen) atoms. The third-order valence-electron chi connectivity index (χ3n) is 3.95. The number of rotatable bonds is 1. The van der Waals surface area contributed by atoms with Crippen LogP contribution < -0.4 is 5.73 Å². The lowest BCUT2D eigenvalue weighted by atomic mass is 9.74. The van der Waals surface area contributed by atoms with Crippen LogP contribution in [0.3, 0.4) is 0 Å². The summed E-state index contributed by atoms with van der Waals surface area (Å²) in [7, 11) is 0. The van der Waals surface area contributed by atoms with Gasteiger partial charge in [0.2, 0.25) is 0 Å². The van der Waals surface area contributed by atoms with Crippen LogP contribution in [0.4, 0.5) is 0 Å². The minimum Gasteiger partial charge on any atom is -0.327 e. The van der Waals surface area contributed by atoms with Crippen molar-refractivity contribution in [3.63, 3.8) is 0 Å². The molecule has 2 heteroatoms. The van der Waals surface area contributed by atoms with Gasteiger partial charge in [0, 0.05) is 11.6 Å². The fraction of sp³-hybridized carbons (Fsp3) is 1.00. The van der Waals surface area contributed by atoms with Gasteiger partial charge in [-0.15, -0.1) is 0 Å². The van der Waals surface area contributed by atoms with E-state index in [-0.39, 0.29) is 0 Å². The molecule has 2 nitrogen and oxygen atoms in total. The number of likely N-dealkylation sites (tertiary alicyclic amines) is 1. The van der Waals surface area contributed by atoms with Crippen molar-refractivity contribution in [2.75, 3.05) is 13.1 Å². The standard InChI is InChI=1S/C12H26N2/c1-10(13)12(5)6-8-14(9-7-12)11(2,3)4/h10H,6-9,13H2,1-5H3/t10-/m1/s1. The molecule has 1 heterocycles. The van der Waals surface area contributed by atoms with E-state index >= 15 is 0 Å². The van der Waals surface area contributed by atoms with Crippen LogP contribution in [0.15, 0.2) is 0 Å². The van der Waals surface area contributed by atoms with E-state index in [1.165, 1.54) is 25.9 Å². The Morgan fingerprint density at radius 1 is 1.21 bits per heavy atom. The molecule has 0 aromatic heterocycles. The van der Waals surface area contributed by atoms with Crippen LogP contribution in [-0.4, -0.2) is 29.6 Å². The number of nitrogens with zero attached hydrogens (tertiary/aromatic N) is 1. The molecule has 1 rings (SSSR count). The molecule has 0 unspecified atom stereocenters. The molecule has 0 amide bonds. The quantitative estimate of drug-likeness (QED) is 0.700. The van der Waals surface area contributed by atoms with Crippen LogP contribution in [0.2, 0.25) is 0 Å². The van der Waals surface area contributed by atoms with Gasteiger partial charge < -0.3 is 5.73 Å². The average molecular weight is 198 g/mol. The molecule has 1 atom stereocenters. The van der Waals surface area contributed by atoms with E-state index in [9.17, 15) is 0 Å². The fourth-order valence-electron chi connectivity index (χ4n) is 2.14. The highest BCUT2D eigenvalue weighted by Crippen LogP contribution is 2.35. The van der Waals surface area contributed by atoms with Gasteiger partial charge in [0.1, 0.15) is 0 Å². The zero-order valence-corrected chi connectivity index (χ0v) is 10.4. The van der Waals surface area contributed by atoms with Crippen LogP contribution in [0.5, 0.6) is 0 Å². The first-order chi connectivity index (χ1) is 6.26. The Hall–Kier alpha value is -0.0800. The second-order valence-corrected chi connectivity index (χ2v) is 6.10. The molecule has 1 aliphatic heterocycles. The van der Waals surface area contributed by atoms with E-state index in [0.717, 1.165) is 0 Å². The highest BCUT2D eigenvalue weighted by molar-refractivity contribution is 4.91. The van der Waals surface area contributed by atoms with E-state index in [1.807, 2.05) is 0 Å². The Morgan fingerprint density at radius 2 is 1.64 bits per heavy atom. The predicted molar refractivity (Wildman–Crippen MR) is 62.3 cm³/mol. The molecule has 1 aliphatic rings. The van der Waals surface area contributed by atoms with Crippen molar-refractivity contribution >= 4 is 0 Å². The van der Waals surface area contributed by atoms with Crippen LogP contribution in [0.25, 0.3) is 0 Å². The van der Waals surface area contributed by atoms with Gasteiger partial charge in [-0.1, -0.05) is 6.92 Å². The first kappa shape index (κ1) is 12.0. The maximum absolute atomic E-state index is 6.04. The van der Waals surface area contributed by atoms with Gasteiger partial charge >= 0.3 is 0 Å². The molecule has 2 N–H and O–H groups in total. The van der Waals surface area contributed by atoms with Crippen molar-refractivity contribution in [1.29, 1.82) is 0 Å². The van der Waals surface area contributed by atoms with Crippen molar-refractivity contribution in [3.8, 4) is 0 Å². The van der Waals surface area contributed by atoms with E-state index in [0.29, 0.717) is 17.0 Å². The van der Waals surface area contributed by atoms with Crippen LogP contribution in [0, 0.1) is 5.41 Å². The summed E-state index contributed by atoms with van der Waals surface area (Å²) in [6, 6.07) is 0.324. The van der Waals surface area contributed by atoms with E-state index in [2.05, 4.69) is 39.5 Å². The summed E-state index contributed by atoms with van der Waals surface area (Å²) in [6.45, 7) is 13.7. The molecule has 0 radical (unpaired) electrons. The van der Waals surface area contributed by atoms with Gasteiger partial charge in [-0.3, -0.25) is 4.90 Å². The molecule has 0 aromatic rings. The second-order valence-electron chi connectivity index (χ2n) is 6.10. The van der Waals surface area contributed by atoms with Gasteiger partial charge in [-0.2, -0.15) is 0 Å². The average Bonchev–Trinajstić information content (AvgIpc) is 2.03. The SMILES string of the molecule is C[C@@H](N)C1(C)CCN(C(C)(C)C)CC1. The Morgan fingerprint density at radius 3 is 1.93 bits per heavy atom. The number of hydrogen-bond donors (Lipinski definition) is 1. The van der Waals surface area contributed by atoms with Crippen molar-refractivity contribution in [1.82, 2.24) is 4.90 Å². The largest absolute Gasteiger partial charge is 0.327 e. The first-order valence-corrected chi connectivity index (χ1v) is 5.76. The van der Waals surface area contributed by atoms with Crippen LogP contribution in [-0.2, 0) is 0 Å². The van der Waals surface area contributed by atoms with Crippen LogP contribution >= 0.6 is 0 Å². The summed E-state index contributed by atoms with van der Waals surface area (Å²) in [5, 5.41) is 0. The molecule has 0 spiro atoms. The lowest BCUT2D eigenvalue weighted by Gasteiger charge is -2.46. The lowest BCUT2D eigenvalue weighted by molar-refractivity contribution is 0.0412. The van der Waals surface area contributed by atoms with Crippen molar-refractivity contribution in [3.05, 3.63) is 0 Å². The third-order valence-corrected chi connectivity index (χ3v) is 3.95. The minimum absolute atomic E-state index is 0.319. The normalized spacial score (nSPS) is 26.1. The minimum atomic E-state index is 0.319. The number of nitrogens with two attached hydrogens (primary N) is 1. The van der Waals surface area contributed by atoms with Crippen molar-refractivity contribution < 1.29 is 0 Å². The topological polar surface area (TPSA) is 29.3 Å². The molecule has 0 bridgehead atoms. The smallest absolute Gasteiger partial charge is 0.0125 e. The van der Waals surface area contributed by atoms with Gasteiger partial charge in [0.25, 0.3) is 0 Å². The maximum atomic E-state index is 6.04. The molecular weight excluding hydrogens is 172 g/mol. The summed E-state index contributed by atoms with van der Waals surface area (Å²) in [5.74, 6) is 0. The third kappa shape index (κ3) is 2.48. The number of piperidine rings is 1. The van der Waals surface area contributed by atoms with Gasteiger partial charge in [-0.25, -0.2) is 0 Å². The monoisotopic (exact) mass is 198 g/mol. The van der Waals surface area contributed by atoms with E-state index in [1.54, 1.807) is 0 Å². The Kier molecular flexibility index (Phi) is 3.27. The highest BCUT2D eigenvalue weighted by Gasteiger charge is 2.36. The highest BCUT2D eigenvalue weighted by atomic mass is 15.2. The number of hydrogen-bond acceptors (Lipinski definition) is 2. The summed E-state index contributed by atoms with van der Waals surface area (Å²) in [6.07, 6.45) is 2.48. The zero-order chi connectivity index (χ0) is 11.0. The molecule has 1 saturated heterocycles. The second kappa shape index (κ2) is 3.82. The van der Waals surface area contributed by atoms with Crippen molar-refractivity contribution in [2.45, 2.75) is 59.0 Å². The molecule has 1 fully saturated rings. The summed E-state index contributed by atoms with van der Waals surface area (Å²) in [4.78, 5) is 2.57.